The van der Waals surface area contributed by atoms with E-state index in [1.165, 1.54) is 11.8 Å². The Morgan fingerprint density at radius 1 is 0.931 bits per heavy atom. The van der Waals surface area contributed by atoms with Crippen LogP contribution >= 0.6 is 11.8 Å². The Bertz CT molecular complexity index is 1030. The predicted molar refractivity (Wildman–Crippen MR) is 117 cm³/mol. The lowest BCUT2D eigenvalue weighted by Crippen LogP contribution is -2.17. The molecule has 0 spiro atoms. The third-order valence-electron chi connectivity index (χ3n) is 4.38. The first-order valence-corrected chi connectivity index (χ1v) is 10.3. The first kappa shape index (κ1) is 19.2. The molecule has 0 aliphatic carbocycles. The van der Waals surface area contributed by atoms with E-state index in [0.29, 0.717) is 18.1 Å². The number of nitrogens with one attached hydrogen (secondary N) is 1. The molecule has 5 heteroatoms. The molecule has 1 heterocycles. The molecule has 0 unspecified atom stereocenters. The third-order valence-corrected chi connectivity index (χ3v) is 5.46. The van der Waals surface area contributed by atoms with Crippen LogP contribution < -0.4 is 14.8 Å². The van der Waals surface area contributed by atoms with Crippen LogP contribution in [-0.4, -0.2) is 12.5 Å². The van der Waals surface area contributed by atoms with Gasteiger partial charge in [-0.05, 0) is 54.5 Å². The molecular weight excluding hydrogens is 382 g/mol. The van der Waals surface area contributed by atoms with Crippen molar-refractivity contribution in [1.82, 2.24) is 0 Å². The minimum Gasteiger partial charge on any atom is -0.494 e. The number of hydrogen-bond acceptors (Lipinski definition) is 4. The molecule has 0 atom stereocenters. The summed E-state index contributed by atoms with van der Waals surface area (Å²) in [6, 6.07) is 23.5. The minimum absolute atomic E-state index is 0.101. The van der Waals surface area contributed by atoms with Crippen LogP contribution in [0, 0.1) is 0 Å². The first-order valence-electron chi connectivity index (χ1n) is 9.46. The van der Waals surface area contributed by atoms with Crippen molar-refractivity contribution in [3.05, 3.63) is 88.8 Å². The van der Waals surface area contributed by atoms with Crippen LogP contribution in [0.4, 0.5) is 5.69 Å². The highest BCUT2D eigenvalue weighted by Gasteiger charge is 2.21. The normalized spacial score (nSPS) is 14.2. The number of carbonyl (C=O) groups is 1. The summed E-state index contributed by atoms with van der Waals surface area (Å²) in [4.78, 5) is 14.1. The summed E-state index contributed by atoms with van der Waals surface area (Å²) < 4.78 is 11.4. The maximum absolute atomic E-state index is 12.4. The monoisotopic (exact) mass is 403 g/mol. The summed E-state index contributed by atoms with van der Waals surface area (Å²) in [7, 11) is 0. The van der Waals surface area contributed by atoms with E-state index in [-0.39, 0.29) is 5.91 Å². The molecule has 1 aliphatic rings. The van der Waals surface area contributed by atoms with Gasteiger partial charge in [0, 0.05) is 4.90 Å². The lowest BCUT2D eigenvalue weighted by atomic mass is 10.2. The Balaban J connectivity index is 1.46. The molecule has 146 valence electrons. The summed E-state index contributed by atoms with van der Waals surface area (Å²) in [6.07, 6.45) is 1.89. The van der Waals surface area contributed by atoms with Gasteiger partial charge in [0.2, 0.25) is 0 Å². The van der Waals surface area contributed by atoms with Crippen molar-refractivity contribution in [2.24, 2.45) is 0 Å². The standard InChI is InChI=1S/C24H21NO3S/c1-2-27-20-12-13-21-22(15-20)29-23(24(26)25-21)14-17-8-10-19(11-9-17)28-16-18-6-4-3-5-7-18/h3-15H,2,16H2,1H3,(H,25,26)/b23-14+. The molecule has 1 N–H and O–H groups in total. The average molecular weight is 404 g/mol. The molecule has 4 nitrogen and oxygen atoms in total. The Morgan fingerprint density at radius 3 is 2.45 bits per heavy atom. The average Bonchev–Trinajstić information content (AvgIpc) is 2.75. The maximum Gasteiger partial charge on any atom is 0.262 e. The molecule has 3 aromatic carbocycles. The minimum atomic E-state index is -0.101. The van der Waals surface area contributed by atoms with E-state index in [2.05, 4.69) is 5.32 Å². The smallest absolute Gasteiger partial charge is 0.262 e. The molecule has 4 rings (SSSR count). The van der Waals surface area contributed by atoms with E-state index in [0.717, 1.165) is 33.2 Å². The van der Waals surface area contributed by atoms with Crippen LogP contribution in [-0.2, 0) is 11.4 Å². The van der Waals surface area contributed by atoms with Gasteiger partial charge in [-0.15, -0.1) is 0 Å². The SMILES string of the molecule is CCOc1ccc2c(c1)S/C(=C/c1ccc(OCc3ccccc3)cc1)C(=O)N2. The highest BCUT2D eigenvalue weighted by molar-refractivity contribution is 8.04. The molecule has 0 saturated heterocycles. The van der Waals surface area contributed by atoms with Gasteiger partial charge in [-0.1, -0.05) is 54.2 Å². The van der Waals surface area contributed by atoms with Gasteiger partial charge in [0.05, 0.1) is 17.2 Å². The van der Waals surface area contributed by atoms with Gasteiger partial charge in [-0.25, -0.2) is 0 Å². The van der Waals surface area contributed by atoms with Gasteiger partial charge in [-0.2, -0.15) is 0 Å². The number of rotatable bonds is 6. The largest absolute Gasteiger partial charge is 0.494 e. The van der Waals surface area contributed by atoms with E-state index in [4.69, 9.17) is 9.47 Å². The van der Waals surface area contributed by atoms with Crippen molar-refractivity contribution >= 4 is 29.4 Å². The highest BCUT2D eigenvalue weighted by atomic mass is 32.2. The summed E-state index contributed by atoms with van der Waals surface area (Å²) in [5.41, 5.74) is 2.88. The van der Waals surface area contributed by atoms with Crippen LogP contribution in [0.2, 0.25) is 0 Å². The molecule has 29 heavy (non-hydrogen) atoms. The van der Waals surface area contributed by atoms with E-state index in [1.54, 1.807) is 0 Å². The summed E-state index contributed by atoms with van der Waals surface area (Å²) >= 11 is 1.45. The second kappa shape index (κ2) is 8.88. The fourth-order valence-electron chi connectivity index (χ4n) is 2.94. The maximum atomic E-state index is 12.4. The third kappa shape index (κ3) is 4.81. The summed E-state index contributed by atoms with van der Waals surface area (Å²) in [5, 5.41) is 2.94. The summed E-state index contributed by atoms with van der Waals surface area (Å²) in [5.74, 6) is 1.49. The van der Waals surface area contributed by atoms with Crippen LogP contribution in [0.25, 0.3) is 6.08 Å². The number of carbonyl (C=O) groups excluding carboxylic acids is 1. The molecule has 1 amide bonds. The van der Waals surface area contributed by atoms with Crippen molar-refractivity contribution < 1.29 is 14.3 Å². The van der Waals surface area contributed by atoms with Gasteiger partial charge in [0.15, 0.2) is 0 Å². The van der Waals surface area contributed by atoms with Crippen molar-refractivity contribution in [1.29, 1.82) is 0 Å². The zero-order valence-corrected chi connectivity index (χ0v) is 16.9. The van der Waals surface area contributed by atoms with E-state index < -0.39 is 0 Å². The Labute approximate surface area is 174 Å². The molecule has 3 aromatic rings. The van der Waals surface area contributed by atoms with E-state index >= 15 is 0 Å². The Morgan fingerprint density at radius 2 is 1.69 bits per heavy atom. The molecule has 0 aromatic heterocycles. The number of fused-ring (bicyclic) bond motifs is 1. The molecule has 0 bridgehead atoms. The number of anilines is 1. The second-order valence-electron chi connectivity index (χ2n) is 6.50. The van der Waals surface area contributed by atoms with Gasteiger partial charge in [-0.3, -0.25) is 4.79 Å². The summed E-state index contributed by atoms with van der Waals surface area (Å²) in [6.45, 7) is 3.09. The van der Waals surface area contributed by atoms with Crippen molar-refractivity contribution in [3.8, 4) is 11.5 Å². The van der Waals surface area contributed by atoms with Crippen LogP contribution in [0.15, 0.2) is 82.6 Å². The Hall–Kier alpha value is -3.18. The molecular formula is C24H21NO3S. The van der Waals surface area contributed by atoms with Crippen LogP contribution in [0.1, 0.15) is 18.1 Å². The lowest BCUT2D eigenvalue weighted by molar-refractivity contribution is -0.112. The first-order chi connectivity index (χ1) is 14.2. The lowest BCUT2D eigenvalue weighted by Gasteiger charge is -2.19. The van der Waals surface area contributed by atoms with Gasteiger partial charge in [0.1, 0.15) is 18.1 Å². The molecule has 0 fully saturated rings. The topological polar surface area (TPSA) is 47.6 Å². The number of amides is 1. The Kier molecular flexibility index (Phi) is 5.86. The molecule has 0 saturated carbocycles. The van der Waals surface area contributed by atoms with Gasteiger partial charge < -0.3 is 14.8 Å². The predicted octanol–water partition coefficient (Wildman–Crippen LogP) is 5.75. The molecule has 1 aliphatic heterocycles. The van der Waals surface area contributed by atoms with Gasteiger partial charge >= 0.3 is 0 Å². The van der Waals surface area contributed by atoms with Crippen molar-refractivity contribution in [2.45, 2.75) is 18.4 Å². The quantitative estimate of drug-likeness (QED) is 0.533. The van der Waals surface area contributed by atoms with E-state index in [9.17, 15) is 4.79 Å². The second-order valence-corrected chi connectivity index (χ2v) is 7.58. The van der Waals surface area contributed by atoms with Crippen LogP contribution in [0.5, 0.6) is 11.5 Å². The highest BCUT2D eigenvalue weighted by Crippen LogP contribution is 2.40. The number of thioether (sulfide) groups is 1. The van der Waals surface area contributed by atoms with Crippen LogP contribution in [0.3, 0.4) is 0 Å². The van der Waals surface area contributed by atoms with Crippen molar-refractivity contribution in [3.63, 3.8) is 0 Å². The van der Waals surface area contributed by atoms with Crippen molar-refractivity contribution in [2.75, 3.05) is 11.9 Å². The molecule has 0 radical (unpaired) electrons. The van der Waals surface area contributed by atoms with Gasteiger partial charge in [0.25, 0.3) is 5.91 Å². The zero-order chi connectivity index (χ0) is 20.1. The fraction of sp³-hybridized carbons (Fsp3) is 0.125. The number of hydrogen-bond donors (Lipinski definition) is 1. The van der Waals surface area contributed by atoms with E-state index in [1.807, 2.05) is 85.8 Å². The zero-order valence-electron chi connectivity index (χ0n) is 16.1. The fourth-order valence-corrected chi connectivity index (χ4v) is 3.92. The number of benzene rings is 3. The number of ether oxygens (including phenoxy) is 2.